The summed E-state index contributed by atoms with van der Waals surface area (Å²) in [6.07, 6.45) is 7.25. The number of anilines is 1. The number of aryl methyl sites for hydroxylation is 2. The largest absolute Gasteiger partial charge is 0.381 e. The molecule has 1 atom stereocenters. The number of hydrogen-bond acceptors (Lipinski definition) is 4. The molecular weight excluding hydrogens is 254 g/mol. The number of nitrogens with one attached hydrogen (secondary N) is 1. The lowest BCUT2D eigenvalue weighted by atomic mass is 9.84. The van der Waals surface area contributed by atoms with E-state index in [2.05, 4.69) is 23.5 Å². The van der Waals surface area contributed by atoms with Gasteiger partial charge in [-0.3, -0.25) is 4.68 Å². The minimum absolute atomic E-state index is 0.0444. The minimum atomic E-state index is 0.0444. The second-order valence-electron chi connectivity index (χ2n) is 5.99. The maximum atomic E-state index is 6.10. The zero-order valence-electron chi connectivity index (χ0n) is 12.5. The average molecular weight is 279 g/mol. The molecule has 0 saturated carbocycles. The molecule has 0 bridgehead atoms. The van der Waals surface area contributed by atoms with Crippen molar-refractivity contribution in [3.63, 3.8) is 0 Å². The van der Waals surface area contributed by atoms with E-state index >= 15 is 0 Å². The van der Waals surface area contributed by atoms with Gasteiger partial charge in [0.05, 0.1) is 17.0 Å². The summed E-state index contributed by atoms with van der Waals surface area (Å²) < 4.78 is 13.5. The highest BCUT2D eigenvalue weighted by atomic mass is 16.5. The minimum Gasteiger partial charge on any atom is -0.381 e. The van der Waals surface area contributed by atoms with Crippen LogP contribution in [0.3, 0.4) is 0 Å². The Morgan fingerprint density at radius 3 is 2.95 bits per heavy atom. The Morgan fingerprint density at radius 1 is 1.40 bits per heavy atom. The summed E-state index contributed by atoms with van der Waals surface area (Å²) in [5, 5.41) is 8.19. The molecule has 5 heteroatoms. The van der Waals surface area contributed by atoms with Crippen molar-refractivity contribution >= 4 is 5.69 Å². The van der Waals surface area contributed by atoms with Gasteiger partial charge in [-0.25, -0.2) is 0 Å². The fourth-order valence-electron chi connectivity index (χ4n) is 3.38. The third kappa shape index (κ3) is 2.83. The number of nitrogens with zero attached hydrogens (tertiary/aromatic N) is 2. The van der Waals surface area contributed by atoms with Crippen molar-refractivity contribution in [2.24, 2.45) is 7.05 Å². The predicted molar refractivity (Wildman–Crippen MR) is 78.0 cm³/mol. The summed E-state index contributed by atoms with van der Waals surface area (Å²) in [5.41, 5.74) is 2.38. The van der Waals surface area contributed by atoms with Crippen LogP contribution in [0.2, 0.25) is 0 Å². The number of rotatable bonds is 3. The number of ether oxygens (including phenoxy) is 2. The topological polar surface area (TPSA) is 48.3 Å². The van der Waals surface area contributed by atoms with Gasteiger partial charge in [-0.2, -0.15) is 5.10 Å². The van der Waals surface area contributed by atoms with Crippen molar-refractivity contribution < 1.29 is 9.47 Å². The van der Waals surface area contributed by atoms with Crippen molar-refractivity contribution in [3.05, 3.63) is 11.9 Å². The first-order chi connectivity index (χ1) is 9.71. The third-order valence-electron chi connectivity index (χ3n) is 4.50. The standard InChI is InChI=1S/C15H25N3O2/c1-3-13-14(11-18(2)17-13)16-12-4-7-20-15(10-12)5-8-19-9-6-15/h11-12,16H,3-10H2,1-2H3. The summed E-state index contributed by atoms with van der Waals surface area (Å²) in [7, 11) is 1.98. The Balaban J connectivity index is 1.67. The first-order valence-corrected chi connectivity index (χ1v) is 7.71. The maximum absolute atomic E-state index is 6.10. The van der Waals surface area contributed by atoms with Crippen LogP contribution < -0.4 is 5.32 Å². The Labute approximate surface area is 120 Å². The van der Waals surface area contributed by atoms with Crippen LogP contribution >= 0.6 is 0 Å². The molecule has 2 aliphatic heterocycles. The summed E-state index contributed by atoms with van der Waals surface area (Å²) in [4.78, 5) is 0. The SMILES string of the molecule is CCc1nn(C)cc1NC1CCOC2(CCOCC2)C1. The second-order valence-corrected chi connectivity index (χ2v) is 5.99. The van der Waals surface area contributed by atoms with Gasteiger partial charge < -0.3 is 14.8 Å². The van der Waals surface area contributed by atoms with Crippen LogP contribution in [-0.2, 0) is 22.9 Å². The molecule has 2 fully saturated rings. The van der Waals surface area contributed by atoms with Crippen LogP contribution in [0, 0.1) is 0 Å². The van der Waals surface area contributed by atoms with Gasteiger partial charge in [0.25, 0.3) is 0 Å². The molecule has 3 heterocycles. The number of aromatic nitrogens is 2. The first-order valence-electron chi connectivity index (χ1n) is 7.71. The average Bonchev–Trinajstić information content (AvgIpc) is 2.80. The second kappa shape index (κ2) is 5.74. The van der Waals surface area contributed by atoms with Crippen LogP contribution in [0.15, 0.2) is 6.20 Å². The normalized spacial score (nSPS) is 25.8. The molecule has 0 radical (unpaired) electrons. The van der Waals surface area contributed by atoms with E-state index in [1.165, 1.54) is 5.69 Å². The predicted octanol–water partition coefficient (Wildman–Crippen LogP) is 2.12. The van der Waals surface area contributed by atoms with E-state index in [1.807, 2.05) is 11.7 Å². The highest BCUT2D eigenvalue weighted by Gasteiger charge is 2.39. The van der Waals surface area contributed by atoms with Gasteiger partial charge in [0.15, 0.2) is 0 Å². The van der Waals surface area contributed by atoms with Gasteiger partial charge in [-0.15, -0.1) is 0 Å². The van der Waals surface area contributed by atoms with Crippen LogP contribution in [0.4, 0.5) is 5.69 Å². The van der Waals surface area contributed by atoms with Gasteiger partial charge in [0, 0.05) is 39.1 Å². The molecule has 1 unspecified atom stereocenters. The van der Waals surface area contributed by atoms with Crippen LogP contribution in [0.1, 0.15) is 38.3 Å². The summed E-state index contributed by atoms with van der Waals surface area (Å²) in [5.74, 6) is 0. The van der Waals surface area contributed by atoms with E-state index in [-0.39, 0.29) is 5.60 Å². The molecular formula is C15H25N3O2. The lowest BCUT2D eigenvalue weighted by molar-refractivity contribution is -0.135. The van der Waals surface area contributed by atoms with Crippen LogP contribution in [0.25, 0.3) is 0 Å². The fourth-order valence-corrected chi connectivity index (χ4v) is 3.38. The van der Waals surface area contributed by atoms with E-state index in [1.54, 1.807) is 0 Å². The molecule has 0 aliphatic carbocycles. The lowest BCUT2D eigenvalue weighted by Crippen LogP contribution is -2.47. The Kier molecular flexibility index (Phi) is 3.98. The van der Waals surface area contributed by atoms with E-state index in [4.69, 9.17) is 9.47 Å². The molecule has 1 spiro atoms. The quantitative estimate of drug-likeness (QED) is 0.921. The van der Waals surface area contributed by atoms with Gasteiger partial charge in [-0.05, 0) is 32.1 Å². The fraction of sp³-hybridized carbons (Fsp3) is 0.800. The molecule has 3 rings (SSSR count). The van der Waals surface area contributed by atoms with Crippen molar-refractivity contribution in [2.45, 2.75) is 50.7 Å². The third-order valence-corrected chi connectivity index (χ3v) is 4.50. The molecule has 0 aromatic carbocycles. The summed E-state index contributed by atoms with van der Waals surface area (Å²) >= 11 is 0. The van der Waals surface area contributed by atoms with E-state index in [0.29, 0.717) is 6.04 Å². The van der Waals surface area contributed by atoms with Crippen molar-refractivity contribution in [3.8, 4) is 0 Å². The lowest BCUT2D eigenvalue weighted by Gasteiger charge is -2.43. The zero-order chi connectivity index (χ0) is 14.0. The van der Waals surface area contributed by atoms with E-state index < -0.39 is 0 Å². The molecule has 1 aromatic rings. The van der Waals surface area contributed by atoms with Crippen molar-refractivity contribution in [2.75, 3.05) is 25.1 Å². The monoisotopic (exact) mass is 279 g/mol. The van der Waals surface area contributed by atoms with Crippen molar-refractivity contribution in [1.82, 2.24) is 9.78 Å². The first kappa shape index (κ1) is 13.9. The van der Waals surface area contributed by atoms with Gasteiger partial charge >= 0.3 is 0 Å². The summed E-state index contributed by atoms with van der Waals surface area (Å²) in [6, 6.07) is 0.483. The Morgan fingerprint density at radius 2 is 2.20 bits per heavy atom. The van der Waals surface area contributed by atoms with E-state index in [9.17, 15) is 0 Å². The summed E-state index contributed by atoms with van der Waals surface area (Å²) in [6.45, 7) is 4.66. The molecule has 2 saturated heterocycles. The van der Waals surface area contributed by atoms with Crippen LogP contribution in [-0.4, -0.2) is 41.2 Å². The van der Waals surface area contributed by atoms with Gasteiger partial charge in [-0.1, -0.05) is 6.92 Å². The Hall–Kier alpha value is -1.07. The maximum Gasteiger partial charge on any atom is 0.0853 e. The molecule has 20 heavy (non-hydrogen) atoms. The molecule has 0 amide bonds. The molecule has 1 N–H and O–H groups in total. The number of hydrogen-bond donors (Lipinski definition) is 1. The highest BCUT2D eigenvalue weighted by molar-refractivity contribution is 5.47. The highest BCUT2D eigenvalue weighted by Crippen LogP contribution is 2.35. The van der Waals surface area contributed by atoms with Crippen LogP contribution in [0.5, 0.6) is 0 Å². The van der Waals surface area contributed by atoms with Crippen molar-refractivity contribution in [1.29, 1.82) is 0 Å². The van der Waals surface area contributed by atoms with E-state index in [0.717, 1.165) is 57.6 Å². The molecule has 5 nitrogen and oxygen atoms in total. The molecule has 1 aromatic heterocycles. The molecule has 112 valence electrons. The smallest absolute Gasteiger partial charge is 0.0853 e. The Bertz CT molecular complexity index is 446. The zero-order valence-corrected chi connectivity index (χ0v) is 12.5. The van der Waals surface area contributed by atoms with Gasteiger partial charge in [0.2, 0.25) is 0 Å². The molecule has 2 aliphatic rings. The van der Waals surface area contributed by atoms with Gasteiger partial charge in [0.1, 0.15) is 0 Å².